The first-order chi connectivity index (χ1) is 6.80. The first-order valence-electron chi connectivity index (χ1n) is 4.13. The van der Waals surface area contributed by atoms with Crippen LogP contribution >= 0.6 is 11.3 Å². The SMILES string of the molecule is CC(C)OC(=O)c1csc(S(N)(=O)=O)c1. The topological polar surface area (TPSA) is 86.5 Å². The van der Waals surface area contributed by atoms with Crippen molar-refractivity contribution in [1.29, 1.82) is 0 Å². The Morgan fingerprint density at radius 3 is 2.53 bits per heavy atom. The van der Waals surface area contributed by atoms with E-state index in [2.05, 4.69) is 0 Å². The van der Waals surface area contributed by atoms with Crippen LogP contribution in [0.15, 0.2) is 15.7 Å². The lowest BCUT2D eigenvalue weighted by atomic mass is 10.3. The van der Waals surface area contributed by atoms with Gasteiger partial charge in [0.15, 0.2) is 0 Å². The van der Waals surface area contributed by atoms with Gasteiger partial charge in [-0.05, 0) is 19.9 Å². The van der Waals surface area contributed by atoms with Crippen LogP contribution in [0.3, 0.4) is 0 Å². The third kappa shape index (κ3) is 3.29. The predicted molar refractivity (Wildman–Crippen MR) is 56.2 cm³/mol. The van der Waals surface area contributed by atoms with Gasteiger partial charge in [-0.1, -0.05) is 0 Å². The van der Waals surface area contributed by atoms with E-state index < -0.39 is 16.0 Å². The van der Waals surface area contributed by atoms with Crippen LogP contribution in [-0.2, 0) is 14.8 Å². The highest BCUT2D eigenvalue weighted by atomic mass is 32.2. The summed E-state index contributed by atoms with van der Waals surface area (Å²) in [7, 11) is -3.73. The maximum absolute atomic E-state index is 11.3. The maximum atomic E-state index is 11.3. The molecule has 0 aromatic carbocycles. The molecule has 0 aliphatic rings. The number of hydrogen-bond acceptors (Lipinski definition) is 5. The number of thiophene rings is 1. The van der Waals surface area contributed by atoms with Crippen LogP contribution in [0.25, 0.3) is 0 Å². The quantitative estimate of drug-likeness (QED) is 0.808. The predicted octanol–water partition coefficient (Wildman–Crippen LogP) is 0.961. The number of rotatable bonds is 3. The first kappa shape index (κ1) is 12.2. The van der Waals surface area contributed by atoms with Crippen LogP contribution in [0.1, 0.15) is 24.2 Å². The molecule has 0 radical (unpaired) electrons. The molecule has 0 amide bonds. The van der Waals surface area contributed by atoms with Crippen molar-refractivity contribution in [2.24, 2.45) is 5.14 Å². The molecule has 15 heavy (non-hydrogen) atoms. The summed E-state index contributed by atoms with van der Waals surface area (Å²) in [5, 5.41) is 6.31. The summed E-state index contributed by atoms with van der Waals surface area (Å²) in [6, 6.07) is 1.21. The van der Waals surface area contributed by atoms with Gasteiger partial charge in [0.25, 0.3) is 0 Å². The molecule has 1 rings (SSSR count). The average molecular weight is 249 g/mol. The number of esters is 1. The van der Waals surface area contributed by atoms with Crippen LogP contribution in [0.2, 0.25) is 0 Å². The summed E-state index contributed by atoms with van der Waals surface area (Å²) in [6.45, 7) is 3.43. The number of nitrogens with two attached hydrogens (primary N) is 1. The molecule has 0 fully saturated rings. The molecule has 0 bridgehead atoms. The standard InChI is InChI=1S/C8H11NO4S2/c1-5(2)13-8(10)6-3-7(14-4-6)15(9,11)12/h3-5H,1-2H3,(H2,9,11,12). The molecule has 1 aromatic heterocycles. The van der Waals surface area contributed by atoms with Crippen LogP contribution in [0, 0.1) is 0 Å². The minimum atomic E-state index is -3.73. The van der Waals surface area contributed by atoms with Gasteiger partial charge in [0, 0.05) is 5.38 Å². The second-order valence-corrected chi connectivity index (χ2v) is 5.85. The zero-order valence-electron chi connectivity index (χ0n) is 8.26. The Bertz CT molecular complexity index is 461. The smallest absolute Gasteiger partial charge is 0.339 e. The first-order valence-corrected chi connectivity index (χ1v) is 6.55. The molecule has 0 aliphatic carbocycles. The van der Waals surface area contributed by atoms with E-state index >= 15 is 0 Å². The lowest BCUT2D eigenvalue weighted by Gasteiger charge is -2.05. The van der Waals surface area contributed by atoms with E-state index in [1.54, 1.807) is 13.8 Å². The molecular weight excluding hydrogens is 238 g/mol. The molecule has 0 unspecified atom stereocenters. The van der Waals surface area contributed by atoms with Crippen LogP contribution in [-0.4, -0.2) is 20.5 Å². The van der Waals surface area contributed by atoms with Gasteiger partial charge in [-0.3, -0.25) is 0 Å². The molecule has 5 nitrogen and oxygen atoms in total. The highest BCUT2D eigenvalue weighted by Crippen LogP contribution is 2.19. The maximum Gasteiger partial charge on any atom is 0.339 e. The monoisotopic (exact) mass is 249 g/mol. The Morgan fingerprint density at radius 1 is 1.53 bits per heavy atom. The number of carbonyl (C=O) groups excluding carboxylic acids is 1. The molecule has 7 heteroatoms. The van der Waals surface area contributed by atoms with E-state index in [4.69, 9.17) is 9.88 Å². The molecule has 1 heterocycles. The Hall–Kier alpha value is -0.920. The van der Waals surface area contributed by atoms with Crippen LogP contribution < -0.4 is 5.14 Å². The Kier molecular flexibility index (Phi) is 3.48. The molecule has 0 saturated heterocycles. The number of sulfonamides is 1. The van der Waals surface area contributed by atoms with E-state index in [1.807, 2.05) is 0 Å². The minimum absolute atomic E-state index is 0.0433. The van der Waals surface area contributed by atoms with Crippen molar-refractivity contribution in [3.05, 3.63) is 17.0 Å². The third-order valence-electron chi connectivity index (χ3n) is 1.43. The van der Waals surface area contributed by atoms with E-state index in [0.717, 1.165) is 11.3 Å². The van der Waals surface area contributed by atoms with Gasteiger partial charge in [0.2, 0.25) is 10.0 Å². The Labute approximate surface area is 91.9 Å². The van der Waals surface area contributed by atoms with Gasteiger partial charge >= 0.3 is 5.97 Å². The summed E-state index contributed by atoms with van der Waals surface area (Å²) in [6.07, 6.45) is -0.240. The van der Waals surface area contributed by atoms with E-state index in [0.29, 0.717) is 0 Å². The number of primary sulfonamides is 1. The molecule has 2 N–H and O–H groups in total. The van der Waals surface area contributed by atoms with Gasteiger partial charge in [-0.25, -0.2) is 18.4 Å². The molecule has 0 atom stereocenters. The van der Waals surface area contributed by atoms with E-state index in [-0.39, 0.29) is 15.9 Å². The number of ether oxygens (including phenoxy) is 1. The second kappa shape index (κ2) is 4.30. The molecule has 0 aliphatic heterocycles. The van der Waals surface area contributed by atoms with Crippen molar-refractivity contribution in [1.82, 2.24) is 0 Å². The number of carbonyl (C=O) groups is 1. The summed E-state index contributed by atoms with van der Waals surface area (Å²) in [5.41, 5.74) is 0.206. The fourth-order valence-corrected chi connectivity index (χ4v) is 2.43. The molecule has 0 spiro atoms. The van der Waals surface area contributed by atoms with Crippen molar-refractivity contribution >= 4 is 27.3 Å². The van der Waals surface area contributed by atoms with Gasteiger partial charge < -0.3 is 4.74 Å². The van der Waals surface area contributed by atoms with Crippen LogP contribution in [0.4, 0.5) is 0 Å². The van der Waals surface area contributed by atoms with Crippen molar-refractivity contribution in [3.8, 4) is 0 Å². The lowest BCUT2D eigenvalue weighted by Crippen LogP contribution is -2.12. The fraction of sp³-hybridized carbons (Fsp3) is 0.375. The van der Waals surface area contributed by atoms with E-state index in [9.17, 15) is 13.2 Å². The third-order valence-corrected chi connectivity index (χ3v) is 3.82. The second-order valence-electron chi connectivity index (χ2n) is 3.15. The molecule has 84 valence electrons. The van der Waals surface area contributed by atoms with Crippen molar-refractivity contribution in [2.45, 2.75) is 24.2 Å². The summed E-state index contributed by atoms with van der Waals surface area (Å²) < 4.78 is 26.7. The zero-order chi connectivity index (χ0) is 11.6. The summed E-state index contributed by atoms with van der Waals surface area (Å²) >= 11 is 0.898. The largest absolute Gasteiger partial charge is 0.459 e. The van der Waals surface area contributed by atoms with Gasteiger partial charge in [-0.2, -0.15) is 0 Å². The van der Waals surface area contributed by atoms with Gasteiger partial charge in [-0.15, -0.1) is 11.3 Å². The van der Waals surface area contributed by atoms with Gasteiger partial charge in [0.05, 0.1) is 11.7 Å². The zero-order valence-corrected chi connectivity index (χ0v) is 9.89. The Morgan fingerprint density at radius 2 is 2.13 bits per heavy atom. The summed E-state index contributed by atoms with van der Waals surface area (Å²) in [4.78, 5) is 11.3. The average Bonchev–Trinajstić information content (AvgIpc) is 2.48. The molecule has 0 saturated carbocycles. The van der Waals surface area contributed by atoms with Crippen molar-refractivity contribution in [3.63, 3.8) is 0 Å². The fourth-order valence-electron chi connectivity index (χ4n) is 0.855. The minimum Gasteiger partial charge on any atom is -0.459 e. The highest BCUT2D eigenvalue weighted by Gasteiger charge is 2.16. The Balaban J connectivity index is 2.90. The normalized spacial score (nSPS) is 11.7. The summed E-state index contributed by atoms with van der Waals surface area (Å²) in [5.74, 6) is -0.545. The van der Waals surface area contributed by atoms with Crippen LogP contribution in [0.5, 0.6) is 0 Å². The lowest BCUT2D eigenvalue weighted by molar-refractivity contribution is 0.0378. The highest BCUT2D eigenvalue weighted by molar-refractivity contribution is 7.91. The van der Waals surface area contributed by atoms with Crippen molar-refractivity contribution in [2.75, 3.05) is 0 Å². The van der Waals surface area contributed by atoms with Gasteiger partial charge in [0.1, 0.15) is 4.21 Å². The van der Waals surface area contributed by atoms with E-state index in [1.165, 1.54) is 11.4 Å². The number of hydrogen-bond donors (Lipinski definition) is 1. The molecular formula is C8H11NO4S2. The van der Waals surface area contributed by atoms with Crippen molar-refractivity contribution < 1.29 is 17.9 Å². The molecule has 1 aromatic rings.